The van der Waals surface area contributed by atoms with E-state index in [0.717, 1.165) is 24.9 Å². The van der Waals surface area contributed by atoms with Crippen molar-refractivity contribution >= 4 is 16.9 Å². The maximum atomic E-state index is 12.4. The van der Waals surface area contributed by atoms with Crippen LogP contribution < -0.4 is 10.6 Å². The normalized spacial score (nSPS) is 22.6. The first-order valence-corrected chi connectivity index (χ1v) is 6.98. The topological polar surface area (TPSA) is 66.9 Å². The number of para-hydroxylation sites is 1. The lowest BCUT2D eigenvalue weighted by atomic mass is 10.00. The smallest absolute Gasteiger partial charge is 0.253 e. The number of nitrogens with zero attached hydrogens (tertiary/aromatic N) is 2. The molecule has 2 heterocycles. The summed E-state index contributed by atoms with van der Waals surface area (Å²) in [5, 5.41) is 6.49. The van der Waals surface area contributed by atoms with Gasteiger partial charge in [0.25, 0.3) is 5.91 Å². The van der Waals surface area contributed by atoms with E-state index in [2.05, 4.69) is 27.5 Å². The van der Waals surface area contributed by atoms with Crippen molar-refractivity contribution in [1.29, 1.82) is 0 Å². The fourth-order valence-electron chi connectivity index (χ4n) is 2.70. The highest BCUT2D eigenvalue weighted by atomic mass is 16.1. The summed E-state index contributed by atoms with van der Waals surface area (Å²) in [6.45, 7) is 3.09. The Bertz CT molecular complexity index is 623. The Balaban J connectivity index is 1.82. The SMILES string of the molecule is CC1CC(NC(=O)c2cccc3nccnc23)CCN1. The Labute approximate surface area is 117 Å². The second-order valence-electron chi connectivity index (χ2n) is 5.28. The van der Waals surface area contributed by atoms with Crippen LogP contribution in [-0.2, 0) is 0 Å². The lowest BCUT2D eigenvalue weighted by molar-refractivity contribution is 0.0927. The predicted molar refractivity (Wildman–Crippen MR) is 77.5 cm³/mol. The maximum absolute atomic E-state index is 12.4. The molecule has 0 spiro atoms. The van der Waals surface area contributed by atoms with Crippen molar-refractivity contribution in [2.75, 3.05) is 6.54 Å². The highest BCUT2D eigenvalue weighted by Gasteiger charge is 2.21. The Morgan fingerprint density at radius 1 is 1.35 bits per heavy atom. The summed E-state index contributed by atoms with van der Waals surface area (Å²) in [6, 6.07) is 6.19. The molecule has 104 valence electrons. The van der Waals surface area contributed by atoms with Gasteiger partial charge in [-0.3, -0.25) is 14.8 Å². The molecule has 0 bridgehead atoms. The van der Waals surface area contributed by atoms with Gasteiger partial charge in [0.1, 0.15) is 5.52 Å². The molecule has 5 nitrogen and oxygen atoms in total. The summed E-state index contributed by atoms with van der Waals surface area (Å²) in [4.78, 5) is 20.9. The molecule has 20 heavy (non-hydrogen) atoms. The van der Waals surface area contributed by atoms with Crippen LogP contribution in [0.4, 0.5) is 0 Å². The molecule has 0 radical (unpaired) electrons. The number of amides is 1. The number of carbonyl (C=O) groups is 1. The molecular formula is C15H18N4O. The van der Waals surface area contributed by atoms with E-state index in [9.17, 15) is 4.79 Å². The van der Waals surface area contributed by atoms with Crippen molar-refractivity contribution in [3.05, 3.63) is 36.2 Å². The zero-order valence-electron chi connectivity index (χ0n) is 11.5. The molecule has 2 N–H and O–H groups in total. The van der Waals surface area contributed by atoms with Crippen molar-refractivity contribution < 1.29 is 4.79 Å². The summed E-state index contributed by atoms with van der Waals surface area (Å²) in [5.41, 5.74) is 2.01. The van der Waals surface area contributed by atoms with E-state index >= 15 is 0 Å². The van der Waals surface area contributed by atoms with Gasteiger partial charge in [-0.25, -0.2) is 0 Å². The lowest BCUT2D eigenvalue weighted by Crippen LogP contribution is -2.46. The second kappa shape index (κ2) is 5.54. The van der Waals surface area contributed by atoms with Gasteiger partial charge in [0.2, 0.25) is 0 Å². The van der Waals surface area contributed by atoms with Gasteiger partial charge in [0.15, 0.2) is 0 Å². The molecule has 3 rings (SSSR count). The van der Waals surface area contributed by atoms with Crippen LogP contribution in [0.2, 0.25) is 0 Å². The number of hydrogen-bond donors (Lipinski definition) is 2. The molecule has 2 unspecified atom stereocenters. The minimum Gasteiger partial charge on any atom is -0.349 e. The summed E-state index contributed by atoms with van der Waals surface area (Å²) < 4.78 is 0. The van der Waals surface area contributed by atoms with Gasteiger partial charge in [-0.2, -0.15) is 0 Å². The van der Waals surface area contributed by atoms with E-state index in [4.69, 9.17) is 0 Å². The van der Waals surface area contributed by atoms with E-state index in [1.807, 2.05) is 12.1 Å². The molecule has 2 atom stereocenters. The monoisotopic (exact) mass is 270 g/mol. The number of aromatic nitrogens is 2. The Morgan fingerprint density at radius 3 is 3.05 bits per heavy atom. The molecule has 1 aromatic carbocycles. The Kier molecular flexibility index (Phi) is 3.60. The number of nitrogens with one attached hydrogen (secondary N) is 2. The lowest BCUT2D eigenvalue weighted by Gasteiger charge is -2.28. The van der Waals surface area contributed by atoms with Crippen molar-refractivity contribution in [3.8, 4) is 0 Å². The number of carbonyl (C=O) groups excluding carboxylic acids is 1. The quantitative estimate of drug-likeness (QED) is 0.868. The first kappa shape index (κ1) is 13.0. The second-order valence-corrected chi connectivity index (χ2v) is 5.28. The standard InChI is InChI=1S/C15H18N4O/c1-10-9-11(5-6-16-10)19-15(20)12-3-2-4-13-14(12)18-8-7-17-13/h2-4,7-8,10-11,16H,5-6,9H2,1H3,(H,19,20). The Hall–Kier alpha value is -2.01. The molecule has 5 heteroatoms. The van der Waals surface area contributed by atoms with E-state index < -0.39 is 0 Å². The third-order valence-corrected chi connectivity index (χ3v) is 3.70. The van der Waals surface area contributed by atoms with Gasteiger partial charge in [0.05, 0.1) is 11.1 Å². The molecule has 0 aliphatic carbocycles. The third kappa shape index (κ3) is 2.63. The molecule has 1 amide bonds. The van der Waals surface area contributed by atoms with Gasteiger partial charge in [0, 0.05) is 24.5 Å². The molecule has 1 aliphatic heterocycles. The molecule has 1 aliphatic rings. The van der Waals surface area contributed by atoms with Gasteiger partial charge in [-0.15, -0.1) is 0 Å². The number of hydrogen-bond acceptors (Lipinski definition) is 4. The molecule has 1 fully saturated rings. The van der Waals surface area contributed by atoms with Crippen LogP contribution in [-0.4, -0.2) is 34.5 Å². The van der Waals surface area contributed by atoms with Crippen LogP contribution in [0.25, 0.3) is 11.0 Å². The van der Waals surface area contributed by atoms with Crippen molar-refractivity contribution in [2.45, 2.75) is 31.8 Å². The maximum Gasteiger partial charge on any atom is 0.253 e. The molecule has 0 saturated carbocycles. The van der Waals surface area contributed by atoms with Crippen LogP contribution in [0, 0.1) is 0 Å². The number of rotatable bonds is 2. The minimum absolute atomic E-state index is 0.0600. The summed E-state index contributed by atoms with van der Waals surface area (Å²) in [6.07, 6.45) is 5.18. The van der Waals surface area contributed by atoms with E-state index in [-0.39, 0.29) is 11.9 Å². The zero-order chi connectivity index (χ0) is 13.9. The average molecular weight is 270 g/mol. The average Bonchev–Trinajstić information content (AvgIpc) is 2.46. The fourth-order valence-corrected chi connectivity index (χ4v) is 2.70. The van der Waals surface area contributed by atoms with Crippen molar-refractivity contribution in [1.82, 2.24) is 20.6 Å². The van der Waals surface area contributed by atoms with Crippen LogP contribution in [0.3, 0.4) is 0 Å². The number of fused-ring (bicyclic) bond motifs is 1. The molecule has 1 saturated heterocycles. The number of piperidine rings is 1. The zero-order valence-corrected chi connectivity index (χ0v) is 11.5. The van der Waals surface area contributed by atoms with Crippen LogP contribution in [0.15, 0.2) is 30.6 Å². The van der Waals surface area contributed by atoms with E-state index in [0.29, 0.717) is 17.1 Å². The Morgan fingerprint density at radius 2 is 2.20 bits per heavy atom. The first-order chi connectivity index (χ1) is 9.74. The molecule has 1 aromatic heterocycles. The van der Waals surface area contributed by atoms with E-state index in [1.54, 1.807) is 18.5 Å². The minimum atomic E-state index is -0.0600. The van der Waals surface area contributed by atoms with Crippen LogP contribution >= 0.6 is 0 Å². The summed E-state index contributed by atoms with van der Waals surface area (Å²) in [5.74, 6) is -0.0600. The van der Waals surface area contributed by atoms with E-state index in [1.165, 1.54) is 0 Å². The van der Waals surface area contributed by atoms with Crippen LogP contribution in [0.1, 0.15) is 30.1 Å². The largest absolute Gasteiger partial charge is 0.349 e. The number of benzene rings is 1. The molecule has 2 aromatic rings. The van der Waals surface area contributed by atoms with Crippen LogP contribution in [0.5, 0.6) is 0 Å². The van der Waals surface area contributed by atoms with Gasteiger partial charge >= 0.3 is 0 Å². The van der Waals surface area contributed by atoms with Crippen molar-refractivity contribution in [3.63, 3.8) is 0 Å². The van der Waals surface area contributed by atoms with Gasteiger partial charge in [-0.05, 0) is 38.4 Å². The predicted octanol–water partition coefficient (Wildman–Crippen LogP) is 1.50. The van der Waals surface area contributed by atoms with Gasteiger partial charge < -0.3 is 10.6 Å². The third-order valence-electron chi connectivity index (χ3n) is 3.70. The molecular weight excluding hydrogens is 252 g/mol. The summed E-state index contributed by atoms with van der Waals surface area (Å²) >= 11 is 0. The fraction of sp³-hybridized carbons (Fsp3) is 0.400. The highest BCUT2D eigenvalue weighted by Crippen LogP contribution is 2.15. The van der Waals surface area contributed by atoms with Crippen molar-refractivity contribution in [2.24, 2.45) is 0 Å². The summed E-state index contributed by atoms with van der Waals surface area (Å²) in [7, 11) is 0. The van der Waals surface area contributed by atoms with Gasteiger partial charge in [-0.1, -0.05) is 6.07 Å². The highest BCUT2D eigenvalue weighted by molar-refractivity contribution is 6.04. The first-order valence-electron chi connectivity index (χ1n) is 6.98.